The largest absolute Gasteiger partial charge is 0.333 e. The number of nitrogens with one attached hydrogen (secondary N) is 2. The standard InChI is InChI=1S/C12H21N3O3/c1-2-3-4-5-6-7-8-9-15-11(17)13-10(16)14-12(15)18/h2-9H2,1H3,(H2,13,14,16,17,18). The summed E-state index contributed by atoms with van der Waals surface area (Å²) in [6, 6.07) is 0. The van der Waals surface area contributed by atoms with E-state index in [2.05, 4.69) is 6.92 Å². The lowest BCUT2D eigenvalue weighted by atomic mass is 10.1. The SMILES string of the molecule is CCCCCCCCCn1c(=O)[nH]c(=O)[nH]c1=O. The smallest absolute Gasteiger partial charge is 0.259 e. The van der Waals surface area contributed by atoms with Gasteiger partial charge in [0.25, 0.3) is 0 Å². The van der Waals surface area contributed by atoms with E-state index in [4.69, 9.17) is 0 Å². The summed E-state index contributed by atoms with van der Waals surface area (Å²) in [4.78, 5) is 37.6. The number of hydrogen-bond donors (Lipinski definition) is 2. The van der Waals surface area contributed by atoms with Crippen LogP contribution in [0.2, 0.25) is 0 Å². The molecule has 6 heteroatoms. The molecule has 2 N–H and O–H groups in total. The number of hydrogen-bond acceptors (Lipinski definition) is 3. The fourth-order valence-corrected chi connectivity index (χ4v) is 1.88. The molecule has 0 saturated carbocycles. The van der Waals surface area contributed by atoms with Gasteiger partial charge >= 0.3 is 17.1 Å². The van der Waals surface area contributed by atoms with E-state index in [1.54, 1.807) is 0 Å². The summed E-state index contributed by atoms with van der Waals surface area (Å²) in [5, 5.41) is 0. The van der Waals surface area contributed by atoms with Gasteiger partial charge in [0.15, 0.2) is 0 Å². The molecule has 0 aromatic carbocycles. The van der Waals surface area contributed by atoms with Crippen molar-refractivity contribution < 1.29 is 0 Å². The van der Waals surface area contributed by atoms with E-state index in [9.17, 15) is 14.4 Å². The highest BCUT2D eigenvalue weighted by molar-refractivity contribution is 4.68. The highest BCUT2D eigenvalue weighted by Crippen LogP contribution is 2.06. The van der Waals surface area contributed by atoms with Crippen molar-refractivity contribution in [2.45, 2.75) is 58.4 Å². The van der Waals surface area contributed by atoms with Crippen LogP contribution in [0.1, 0.15) is 51.9 Å². The van der Waals surface area contributed by atoms with Crippen molar-refractivity contribution in [2.75, 3.05) is 0 Å². The van der Waals surface area contributed by atoms with Crippen LogP contribution in [0, 0.1) is 0 Å². The second-order valence-electron chi connectivity index (χ2n) is 4.46. The molecule has 0 aliphatic heterocycles. The van der Waals surface area contributed by atoms with Crippen molar-refractivity contribution >= 4 is 0 Å². The molecule has 0 unspecified atom stereocenters. The van der Waals surface area contributed by atoms with E-state index < -0.39 is 17.1 Å². The van der Waals surface area contributed by atoms with Gasteiger partial charge in [-0.1, -0.05) is 45.4 Å². The first-order valence-corrected chi connectivity index (χ1v) is 6.58. The molecule has 102 valence electrons. The molecule has 1 heterocycles. The quantitative estimate of drug-likeness (QED) is 0.679. The lowest BCUT2D eigenvalue weighted by Crippen LogP contribution is -2.43. The summed E-state index contributed by atoms with van der Waals surface area (Å²) in [6.45, 7) is 2.54. The van der Waals surface area contributed by atoms with Crippen LogP contribution in [-0.4, -0.2) is 14.5 Å². The maximum Gasteiger partial charge on any atom is 0.333 e. The summed E-state index contributed by atoms with van der Waals surface area (Å²) < 4.78 is 1.04. The minimum Gasteiger partial charge on any atom is -0.259 e. The average Bonchev–Trinajstić information content (AvgIpc) is 2.30. The highest BCUT2D eigenvalue weighted by atomic mass is 16.2. The number of nitrogens with zero attached hydrogens (tertiary/aromatic N) is 1. The van der Waals surface area contributed by atoms with Crippen molar-refractivity contribution in [3.05, 3.63) is 31.5 Å². The Kier molecular flexibility index (Phi) is 6.18. The van der Waals surface area contributed by atoms with E-state index >= 15 is 0 Å². The molecule has 0 aliphatic rings. The Morgan fingerprint density at radius 3 is 1.89 bits per heavy atom. The van der Waals surface area contributed by atoms with Gasteiger partial charge in [-0.2, -0.15) is 0 Å². The Hall–Kier alpha value is -1.59. The Balaban J connectivity index is 2.34. The van der Waals surface area contributed by atoms with Gasteiger partial charge in [-0.05, 0) is 6.42 Å². The van der Waals surface area contributed by atoms with Crippen molar-refractivity contribution in [3.8, 4) is 0 Å². The summed E-state index contributed by atoms with van der Waals surface area (Å²) in [7, 11) is 0. The molecule has 0 amide bonds. The van der Waals surface area contributed by atoms with Crippen LogP contribution in [0.4, 0.5) is 0 Å². The Bertz CT molecular complexity index is 478. The van der Waals surface area contributed by atoms with E-state index in [0.29, 0.717) is 6.54 Å². The lowest BCUT2D eigenvalue weighted by Gasteiger charge is -2.03. The van der Waals surface area contributed by atoms with E-state index in [-0.39, 0.29) is 0 Å². The summed E-state index contributed by atoms with van der Waals surface area (Å²) in [5.41, 5.74) is -2.01. The van der Waals surface area contributed by atoms with Crippen LogP contribution in [-0.2, 0) is 6.54 Å². The number of rotatable bonds is 8. The molecule has 1 rings (SSSR count). The van der Waals surface area contributed by atoms with Crippen molar-refractivity contribution in [3.63, 3.8) is 0 Å². The molecule has 0 atom stereocenters. The maximum absolute atomic E-state index is 11.4. The predicted molar refractivity (Wildman–Crippen MR) is 69.9 cm³/mol. The topological polar surface area (TPSA) is 87.7 Å². The lowest BCUT2D eigenvalue weighted by molar-refractivity contribution is 0.518. The zero-order chi connectivity index (χ0) is 13.4. The zero-order valence-corrected chi connectivity index (χ0v) is 10.8. The van der Waals surface area contributed by atoms with Crippen LogP contribution in [0.3, 0.4) is 0 Å². The van der Waals surface area contributed by atoms with E-state index in [1.807, 2.05) is 9.97 Å². The molecule has 1 aromatic rings. The molecule has 18 heavy (non-hydrogen) atoms. The molecule has 0 radical (unpaired) electrons. The third-order valence-electron chi connectivity index (χ3n) is 2.92. The van der Waals surface area contributed by atoms with Crippen LogP contribution in [0.5, 0.6) is 0 Å². The molecule has 0 spiro atoms. The average molecular weight is 255 g/mol. The number of H-pyrrole nitrogens is 2. The molecule has 0 saturated heterocycles. The van der Waals surface area contributed by atoms with Crippen molar-refractivity contribution in [1.29, 1.82) is 0 Å². The van der Waals surface area contributed by atoms with E-state index in [1.165, 1.54) is 25.7 Å². The number of unbranched alkanes of at least 4 members (excludes halogenated alkanes) is 6. The van der Waals surface area contributed by atoms with Gasteiger partial charge in [0.2, 0.25) is 0 Å². The van der Waals surface area contributed by atoms with Crippen LogP contribution in [0.15, 0.2) is 14.4 Å². The Morgan fingerprint density at radius 1 is 0.833 bits per heavy atom. The van der Waals surface area contributed by atoms with Gasteiger partial charge in [-0.25, -0.2) is 19.0 Å². The summed E-state index contributed by atoms with van der Waals surface area (Å²) >= 11 is 0. The second kappa shape index (κ2) is 7.68. The van der Waals surface area contributed by atoms with Gasteiger partial charge in [-0.15, -0.1) is 0 Å². The fraction of sp³-hybridized carbons (Fsp3) is 0.750. The summed E-state index contributed by atoms with van der Waals surface area (Å²) in [5.74, 6) is 0. The van der Waals surface area contributed by atoms with Gasteiger partial charge in [0.05, 0.1) is 0 Å². The molecule has 1 aromatic heterocycles. The Morgan fingerprint density at radius 2 is 1.33 bits per heavy atom. The monoisotopic (exact) mass is 255 g/mol. The van der Waals surface area contributed by atoms with Crippen molar-refractivity contribution in [2.24, 2.45) is 0 Å². The predicted octanol–water partition coefficient (Wildman–Crippen LogP) is 0.975. The van der Waals surface area contributed by atoms with Gasteiger partial charge in [0, 0.05) is 6.54 Å². The summed E-state index contributed by atoms with van der Waals surface area (Å²) in [6.07, 6.45) is 7.83. The zero-order valence-electron chi connectivity index (χ0n) is 10.8. The maximum atomic E-state index is 11.4. The first kappa shape index (κ1) is 14.5. The molecule has 0 aliphatic carbocycles. The fourth-order valence-electron chi connectivity index (χ4n) is 1.88. The number of aromatic amines is 2. The molecular weight excluding hydrogens is 234 g/mol. The molecule has 0 bridgehead atoms. The third-order valence-corrected chi connectivity index (χ3v) is 2.92. The van der Waals surface area contributed by atoms with Crippen LogP contribution < -0.4 is 17.1 Å². The molecule has 0 fully saturated rings. The van der Waals surface area contributed by atoms with E-state index in [0.717, 1.165) is 23.8 Å². The minimum absolute atomic E-state index is 0.360. The molecule has 6 nitrogen and oxygen atoms in total. The second-order valence-corrected chi connectivity index (χ2v) is 4.46. The van der Waals surface area contributed by atoms with Crippen molar-refractivity contribution in [1.82, 2.24) is 14.5 Å². The first-order chi connectivity index (χ1) is 8.65. The molecular formula is C12H21N3O3. The van der Waals surface area contributed by atoms with Crippen LogP contribution >= 0.6 is 0 Å². The minimum atomic E-state index is -0.749. The first-order valence-electron chi connectivity index (χ1n) is 6.58. The van der Waals surface area contributed by atoms with Crippen LogP contribution in [0.25, 0.3) is 0 Å². The number of aromatic nitrogens is 3. The van der Waals surface area contributed by atoms with Gasteiger partial charge < -0.3 is 0 Å². The normalized spacial score (nSPS) is 10.7. The van der Waals surface area contributed by atoms with Gasteiger partial charge in [0.1, 0.15) is 0 Å². The highest BCUT2D eigenvalue weighted by Gasteiger charge is 2.01. The Labute approximate surface area is 105 Å². The third kappa shape index (κ3) is 4.73. The van der Waals surface area contributed by atoms with Gasteiger partial charge in [-0.3, -0.25) is 9.97 Å².